The van der Waals surface area contributed by atoms with Crippen molar-refractivity contribution >= 4 is 17.7 Å². The van der Waals surface area contributed by atoms with Gasteiger partial charge in [-0.05, 0) is 56.9 Å². The molecule has 3 N–H and O–H groups in total. The topological polar surface area (TPSA) is 53.2 Å². The standard InChI is InChI=1S/C15H24FN3OS/c16-9-2-3-10-8(7-9)1-4-11-13(10)21-15(18-11)19-14(20)12-5-6-17-12/h8-13,15,17-18H,1-7H2,(H,19,20)/t8?,9?,10?,11?,12-,13?,15?/m0/s1. The van der Waals surface area contributed by atoms with E-state index in [1.54, 1.807) is 0 Å². The van der Waals surface area contributed by atoms with E-state index >= 15 is 0 Å². The number of carbonyl (C=O) groups is 1. The largest absolute Gasteiger partial charge is 0.330 e. The summed E-state index contributed by atoms with van der Waals surface area (Å²) in [6.45, 7) is 0.947. The van der Waals surface area contributed by atoms with Crippen LogP contribution in [0.2, 0.25) is 0 Å². The number of rotatable bonds is 2. The van der Waals surface area contributed by atoms with Gasteiger partial charge < -0.3 is 10.6 Å². The number of hydrogen-bond donors (Lipinski definition) is 3. The maximum atomic E-state index is 13.6. The van der Waals surface area contributed by atoms with Crippen LogP contribution in [0, 0.1) is 11.8 Å². The minimum atomic E-state index is -0.581. The van der Waals surface area contributed by atoms with Crippen LogP contribution in [-0.2, 0) is 4.79 Å². The summed E-state index contributed by atoms with van der Waals surface area (Å²) in [7, 11) is 0. The number of hydrogen-bond acceptors (Lipinski definition) is 4. The molecule has 4 fully saturated rings. The maximum absolute atomic E-state index is 13.6. The van der Waals surface area contributed by atoms with Crippen LogP contribution < -0.4 is 16.0 Å². The van der Waals surface area contributed by atoms with E-state index in [-0.39, 0.29) is 17.4 Å². The molecule has 0 bridgehead atoms. The SMILES string of the molecule is O=C(NC1NC2CCC3CC(F)CCC3C2S1)[C@@H]1CCN1. The molecule has 6 heteroatoms. The molecule has 0 aromatic rings. The van der Waals surface area contributed by atoms with E-state index in [0.29, 0.717) is 23.1 Å². The lowest BCUT2D eigenvalue weighted by atomic mass is 9.68. The van der Waals surface area contributed by atoms with Crippen LogP contribution in [0.25, 0.3) is 0 Å². The van der Waals surface area contributed by atoms with Crippen LogP contribution in [-0.4, -0.2) is 41.5 Å². The average molecular weight is 313 g/mol. The lowest BCUT2D eigenvalue weighted by Crippen LogP contribution is -2.56. The normalized spacial score (nSPS) is 48.9. The highest BCUT2D eigenvalue weighted by Crippen LogP contribution is 2.48. The van der Waals surface area contributed by atoms with Gasteiger partial charge in [0.2, 0.25) is 5.91 Å². The highest BCUT2D eigenvalue weighted by molar-refractivity contribution is 8.00. The third-order valence-corrected chi connectivity index (χ3v) is 7.24. The summed E-state index contributed by atoms with van der Waals surface area (Å²) >= 11 is 1.87. The molecule has 0 aromatic carbocycles. The number of halogens is 1. The molecule has 0 aromatic heterocycles. The maximum Gasteiger partial charge on any atom is 0.239 e. The summed E-state index contributed by atoms with van der Waals surface area (Å²) in [6.07, 6.45) is 5.14. The molecule has 2 aliphatic carbocycles. The molecule has 2 saturated carbocycles. The Bertz CT molecular complexity index is 420. The quantitative estimate of drug-likeness (QED) is 0.721. The minimum Gasteiger partial charge on any atom is -0.330 e. The van der Waals surface area contributed by atoms with Crippen molar-refractivity contribution in [3.05, 3.63) is 0 Å². The second-order valence-corrected chi connectivity index (χ2v) is 8.26. The van der Waals surface area contributed by atoms with Gasteiger partial charge in [0.15, 0.2) is 0 Å². The van der Waals surface area contributed by atoms with Gasteiger partial charge in [0.05, 0.1) is 6.04 Å². The second-order valence-electron chi connectivity index (χ2n) is 6.97. The zero-order valence-electron chi connectivity index (χ0n) is 12.2. The number of thioether (sulfide) groups is 1. The molecule has 4 rings (SSSR count). The first-order chi connectivity index (χ1) is 10.2. The molecule has 2 aliphatic heterocycles. The molecule has 4 aliphatic rings. The van der Waals surface area contributed by atoms with Crippen molar-refractivity contribution in [1.29, 1.82) is 0 Å². The van der Waals surface area contributed by atoms with Gasteiger partial charge in [-0.1, -0.05) is 0 Å². The molecule has 21 heavy (non-hydrogen) atoms. The summed E-state index contributed by atoms with van der Waals surface area (Å²) in [4.78, 5) is 12.0. The molecule has 0 spiro atoms. The summed E-state index contributed by atoms with van der Waals surface area (Å²) in [5.41, 5.74) is 0.0387. The van der Waals surface area contributed by atoms with Gasteiger partial charge in [-0.25, -0.2) is 4.39 Å². The molecular weight excluding hydrogens is 289 g/mol. The van der Waals surface area contributed by atoms with E-state index in [4.69, 9.17) is 0 Å². The summed E-state index contributed by atoms with van der Waals surface area (Å²) in [6, 6.07) is 0.497. The molecule has 4 nitrogen and oxygen atoms in total. The van der Waals surface area contributed by atoms with Crippen molar-refractivity contribution in [3.8, 4) is 0 Å². The predicted octanol–water partition coefficient (Wildman–Crippen LogP) is 1.37. The molecule has 7 atom stereocenters. The van der Waals surface area contributed by atoms with E-state index in [0.717, 1.165) is 45.1 Å². The van der Waals surface area contributed by atoms with Gasteiger partial charge in [0.25, 0.3) is 0 Å². The van der Waals surface area contributed by atoms with Crippen LogP contribution in [0.4, 0.5) is 4.39 Å². The molecule has 6 unspecified atom stereocenters. The summed E-state index contributed by atoms with van der Waals surface area (Å²) in [5, 5.41) is 10.4. The fraction of sp³-hybridized carbons (Fsp3) is 0.933. The Morgan fingerprint density at radius 2 is 2.05 bits per heavy atom. The van der Waals surface area contributed by atoms with Crippen LogP contribution in [0.15, 0.2) is 0 Å². The zero-order chi connectivity index (χ0) is 14.4. The number of alkyl halides is 1. The first-order valence-corrected chi connectivity index (χ1v) is 9.24. The van der Waals surface area contributed by atoms with Crippen LogP contribution in [0.1, 0.15) is 38.5 Å². The van der Waals surface area contributed by atoms with Crippen molar-refractivity contribution in [2.24, 2.45) is 11.8 Å². The highest BCUT2D eigenvalue weighted by Gasteiger charge is 2.47. The van der Waals surface area contributed by atoms with E-state index in [1.807, 2.05) is 11.8 Å². The third-order valence-electron chi connectivity index (χ3n) is 5.72. The first-order valence-electron chi connectivity index (χ1n) is 8.30. The number of nitrogens with one attached hydrogen (secondary N) is 3. The van der Waals surface area contributed by atoms with E-state index < -0.39 is 6.17 Å². The Labute approximate surface area is 129 Å². The van der Waals surface area contributed by atoms with E-state index in [2.05, 4.69) is 16.0 Å². The molecule has 2 saturated heterocycles. The smallest absolute Gasteiger partial charge is 0.239 e. The molecule has 0 radical (unpaired) electrons. The molecule has 2 heterocycles. The number of fused-ring (bicyclic) bond motifs is 3. The Kier molecular flexibility index (Phi) is 3.88. The van der Waals surface area contributed by atoms with Crippen molar-refractivity contribution in [2.45, 2.75) is 67.5 Å². The first kappa shape index (κ1) is 14.3. The summed E-state index contributed by atoms with van der Waals surface area (Å²) < 4.78 is 13.6. The lowest BCUT2D eigenvalue weighted by Gasteiger charge is -2.42. The van der Waals surface area contributed by atoms with Crippen LogP contribution in [0.5, 0.6) is 0 Å². The monoisotopic (exact) mass is 313 g/mol. The van der Waals surface area contributed by atoms with Crippen molar-refractivity contribution in [3.63, 3.8) is 0 Å². The van der Waals surface area contributed by atoms with Gasteiger partial charge in [0.1, 0.15) is 11.7 Å². The molecule has 1 amide bonds. The van der Waals surface area contributed by atoms with Crippen LogP contribution in [0.3, 0.4) is 0 Å². The van der Waals surface area contributed by atoms with Gasteiger partial charge in [-0.15, -0.1) is 11.8 Å². The Morgan fingerprint density at radius 1 is 1.19 bits per heavy atom. The predicted molar refractivity (Wildman–Crippen MR) is 81.6 cm³/mol. The average Bonchev–Trinajstić information content (AvgIpc) is 2.78. The molecular formula is C15H24FN3OS. The third kappa shape index (κ3) is 2.70. The van der Waals surface area contributed by atoms with Gasteiger partial charge in [0, 0.05) is 11.3 Å². The summed E-state index contributed by atoms with van der Waals surface area (Å²) in [5.74, 6) is 1.32. The van der Waals surface area contributed by atoms with Gasteiger partial charge in [-0.3, -0.25) is 10.1 Å². The fourth-order valence-corrected chi connectivity index (χ4v) is 6.15. The second kappa shape index (κ2) is 5.70. The van der Waals surface area contributed by atoms with Crippen LogP contribution >= 0.6 is 11.8 Å². The molecule has 118 valence electrons. The Morgan fingerprint density at radius 3 is 2.81 bits per heavy atom. The van der Waals surface area contributed by atoms with E-state index in [1.165, 1.54) is 0 Å². The Hall–Kier alpha value is -0.330. The van der Waals surface area contributed by atoms with Crippen molar-refractivity contribution in [1.82, 2.24) is 16.0 Å². The van der Waals surface area contributed by atoms with Gasteiger partial charge >= 0.3 is 0 Å². The highest BCUT2D eigenvalue weighted by atomic mass is 32.2. The lowest BCUT2D eigenvalue weighted by molar-refractivity contribution is -0.125. The number of carbonyl (C=O) groups excluding carboxylic acids is 1. The zero-order valence-corrected chi connectivity index (χ0v) is 13.0. The fourth-order valence-electron chi connectivity index (χ4n) is 4.43. The van der Waals surface area contributed by atoms with Crippen molar-refractivity contribution < 1.29 is 9.18 Å². The number of amides is 1. The van der Waals surface area contributed by atoms with Gasteiger partial charge in [-0.2, -0.15) is 0 Å². The Balaban J connectivity index is 1.37. The van der Waals surface area contributed by atoms with Crippen molar-refractivity contribution in [2.75, 3.05) is 6.54 Å². The van der Waals surface area contributed by atoms with E-state index in [9.17, 15) is 9.18 Å². The minimum absolute atomic E-state index is 0.00440.